The molecule has 0 fully saturated rings. The Hall–Kier alpha value is -3.10. The van der Waals surface area contributed by atoms with Gasteiger partial charge in [0.25, 0.3) is 0 Å². The third-order valence-corrected chi connectivity index (χ3v) is 4.11. The monoisotopic (exact) mass is 404 g/mol. The molecule has 8 heteroatoms. The second-order valence-electron chi connectivity index (χ2n) is 6.08. The molecule has 0 saturated heterocycles. The highest BCUT2D eigenvalue weighted by Gasteiger charge is 2.15. The van der Waals surface area contributed by atoms with Gasteiger partial charge in [-0.1, -0.05) is 12.1 Å². The van der Waals surface area contributed by atoms with E-state index in [4.69, 9.17) is 18.6 Å². The highest BCUT2D eigenvalue weighted by atomic mass is 19.1. The number of hydrogen-bond donors (Lipinski definition) is 2. The third-order valence-electron chi connectivity index (χ3n) is 4.11. The molecule has 29 heavy (non-hydrogen) atoms. The number of halogens is 1. The summed E-state index contributed by atoms with van der Waals surface area (Å²) in [6, 6.07) is 10.9. The van der Waals surface area contributed by atoms with Gasteiger partial charge in [-0.05, 0) is 35.4 Å². The minimum absolute atomic E-state index is 0.0126. The summed E-state index contributed by atoms with van der Waals surface area (Å²) in [4.78, 5) is 12.0. The summed E-state index contributed by atoms with van der Waals surface area (Å²) in [5, 5.41) is 20.5. The zero-order chi connectivity index (χ0) is 20.6. The van der Waals surface area contributed by atoms with Crippen molar-refractivity contribution >= 4 is 11.0 Å². The summed E-state index contributed by atoms with van der Waals surface area (Å²) in [6.45, 7) is 0.503. The number of ether oxygens (including phenoxy) is 3. The Balaban J connectivity index is 1.73. The normalized spacial score (nSPS) is 11.1. The molecule has 0 atom stereocenters. The molecule has 0 bridgehead atoms. The van der Waals surface area contributed by atoms with Gasteiger partial charge in [0.05, 0.1) is 26.4 Å². The summed E-state index contributed by atoms with van der Waals surface area (Å²) >= 11 is 0. The Labute approximate surface area is 165 Å². The van der Waals surface area contributed by atoms with Crippen molar-refractivity contribution in [1.29, 1.82) is 0 Å². The maximum Gasteiger partial charge on any atom is 0.336 e. The molecule has 2 aromatic carbocycles. The van der Waals surface area contributed by atoms with Crippen molar-refractivity contribution in [1.82, 2.24) is 0 Å². The molecule has 0 aliphatic rings. The van der Waals surface area contributed by atoms with Crippen LogP contribution in [0.1, 0.15) is 0 Å². The molecule has 0 spiro atoms. The molecule has 0 radical (unpaired) electrons. The van der Waals surface area contributed by atoms with E-state index < -0.39 is 12.3 Å². The number of rotatable bonds is 10. The summed E-state index contributed by atoms with van der Waals surface area (Å²) < 4.78 is 32.8. The Morgan fingerprint density at radius 1 is 0.897 bits per heavy atom. The van der Waals surface area contributed by atoms with Gasteiger partial charge in [0, 0.05) is 11.5 Å². The van der Waals surface area contributed by atoms with Crippen molar-refractivity contribution in [3.8, 4) is 28.4 Å². The number of phenolic OH excluding ortho intramolecular Hbond substituents is 2. The van der Waals surface area contributed by atoms with Crippen LogP contribution in [0, 0.1) is 0 Å². The maximum absolute atomic E-state index is 12.0. The van der Waals surface area contributed by atoms with Crippen LogP contribution in [0.5, 0.6) is 17.2 Å². The highest BCUT2D eigenvalue weighted by Crippen LogP contribution is 2.38. The van der Waals surface area contributed by atoms with Crippen molar-refractivity contribution in [2.45, 2.75) is 0 Å². The van der Waals surface area contributed by atoms with Crippen LogP contribution in [0.3, 0.4) is 0 Å². The summed E-state index contributed by atoms with van der Waals surface area (Å²) in [5.74, 6) is -0.0250. The molecule has 0 aliphatic heterocycles. The van der Waals surface area contributed by atoms with E-state index in [1.54, 1.807) is 24.3 Å². The molecule has 0 amide bonds. The van der Waals surface area contributed by atoms with E-state index in [0.29, 0.717) is 23.1 Å². The second-order valence-corrected chi connectivity index (χ2v) is 6.08. The van der Waals surface area contributed by atoms with Crippen molar-refractivity contribution in [3.05, 3.63) is 52.9 Å². The van der Waals surface area contributed by atoms with E-state index in [1.165, 1.54) is 18.2 Å². The van der Waals surface area contributed by atoms with E-state index in [0.717, 1.165) is 0 Å². The summed E-state index contributed by atoms with van der Waals surface area (Å²) in [5.41, 5.74) is 0.648. The fourth-order valence-electron chi connectivity index (χ4n) is 2.78. The van der Waals surface area contributed by atoms with E-state index in [1.807, 2.05) is 0 Å². The first-order valence-corrected chi connectivity index (χ1v) is 9.03. The maximum atomic E-state index is 12.0. The topological polar surface area (TPSA) is 98.4 Å². The van der Waals surface area contributed by atoms with Gasteiger partial charge in [0.2, 0.25) is 5.75 Å². The van der Waals surface area contributed by atoms with Gasteiger partial charge in [-0.25, -0.2) is 9.18 Å². The predicted molar refractivity (Wildman–Crippen MR) is 104 cm³/mol. The van der Waals surface area contributed by atoms with Gasteiger partial charge in [-0.15, -0.1) is 0 Å². The average Bonchev–Trinajstić information content (AvgIpc) is 2.72. The lowest BCUT2D eigenvalue weighted by Crippen LogP contribution is -2.11. The molecule has 154 valence electrons. The third kappa shape index (κ3) is 5.24. The van der Waals surface area contributed by atoms with Crippen LogP contribution >= 0.6 is 0 Å². The Kier molecular flexibility index (Phi) is 7.04. The lowest BCUT2D eigenvalue weighted by atomic mass is 10.0. The van der Waals surface area contributed by atoms with Gasteiger partial charge in [0.15, 0.2) is 11.3 Å². The van der Waals surface area contributed by atoms with Crippen LogP contribution in [-0.2, 0) is 9.47 Å². The number of benzene rings is 2. The van der Waals surface area contributed by atoms with Crippen molar-refractivity contribution < 1.29 is 33.2 Å². The first kappa shape index (κ1) is 20.6. The van der Waals surface area contributed by atoms with E-state index in [2.05, 4.69) is 0 Å². The molecule has 3 rings (SSSR count). The molecule has 1 aromatic heterocycles. The molecular formula is C21H21FO7. The minimum atomic E-state index is -0.621. The fraction of sp³-hybridized carbons (Fsp3) is 0.286. The zero-order valence-corrected chi connectivity index (χ0v) is 15.6. The lowest BCUT2D eigenvalue weighted by molar-refractivity contribution is 0.0323. The SMILES string of the molecule is O=c1cc(-c2ccc(O)cc2)c2ccc(OCCOCCOCCF)c(O)c2o1. The summed E-state index contributed by atoms with van der Waals surface area (Å²) in [7, 11) is 0. The van der Waals surface area contributed by atoms with E-state index in [9.17, 15) is 19.4 Å². The number of phenols is 2. The highest BCUT2D eigenvalue weighted by molar-refractivity contribution is 5.97. The van der Waals surface area contributed by atoms with Crippen LogP contribution in [-0.4, -0.2) is 49.9 Å². The lowest BCUT2D eigenvalue weighted by Gasteiger charge is -2.12. The van der Waals surface area contributed by atoms with Gasteiger partial charge in [-0.2, -0.15) is 0 Å². The molecule has 0 saturated carbocycles. The van der Waals surface area contributed by atoms with Gasteiger partial charge >= 0.3 is 5.63 Å². The number of hydrogen-bond acceptors (Lipinski definition) is 7. The second kappa shape index (κ2) is 9.90. The molecule has 3 aromatic rings. The van der Waals surface area contributed by atoms with Crippen molar-refractivity contribution in [3.63, 3.8) is 0 Å². The molecule has 2 N–H and O–H groups in total. The van der Waals surface area contributed by atoms with Gasteiger partial charge in [0.1, 0.15) is 19.0 Å². The zero-order valence-electron chi connectivity index (χ0n) is 15.6. The summed E-state index contributed by atoms with van der Waals surface area (Å²) in [6.07, 6.45) is 0. The van der Waals surface area contributed by atoms with Crippen LogP contribution in [0.15, 0.2) is 51.7 Å². The smallest absolute Gasteiger partial charge is 0.336 e. The van der Waals surface area contributed by atoms with Crippen LogP contribution in [0.4, 0.5) is 4.39 Å². The van der Waals surface area contributed by atoms with E-state index >= 15 is 0 Å². The Bertz CT molecular complexity index is 998. The molecule has 1 heterocycles. The van der Waals surface area contributed by atoms with Crippen molar-refractivity contribution in [2.24, 2.45) is 0 Å². The van der Waals surface area contributed by atoms with Crippen LogP contribution in [0.25, 0.3) is 22.1 Å². The standard InChI is InChI=1S/C21H21FO7/c22-7-8-26-9-10-27-11-12-28-18-6-5-16-17(14-1-3-15(23)4-2-14)13-19(24)29-21(16)20(18)25/h1-6,13,23,25H,7-12H2. The number of aromatic hydroxyl groups is 2. The number of alkyl halides is 1. The Morgan fingerprint density at radius 3 is 2.31 bits per heavy atom. The van der Waals surface area contributed by atoms with Crippen LogP contribution in [0.2, 0.25) is 0 Å². The first-order chi connectivity index (χ1) is 14.1. The van der Waals surface area contributed by atoms with E-state index in [-0.39, 0.29) is 49.3 Å². The minimum Gasteiger partial charge on any atom is -0.508 e. The van der Waals surface area contributed by atoms with Gasteiger partial charge in [-0.3, -0.25) is 0 Å². The molecule has 0 unspecified atom stereocenters. The van der Waals surface area contributed by atoms with Crippen LogP contribution < -0.4 is 10.4 Å². The quantitative estimate of drug-likeness (QED) is 0.395. The van der Waals surface area contributed by atoms with Gasteiger partial charge < -0.3 is 28.8 Å². The molecular weight excluding hydrogens is 383 g/mol. The first-order valence-electron chi connectivity index (χ1n) is 9.03. The predicted octanol–water partition coefficient (Wildman–Crippen LogP) is 3.25. The fourth-order valence-corrected chi connectivity index (χ4v) is 2.78. The average molecular weight is 404 g/mol. The molecule has 7 nitrogen and oxygen atoms in total. The largest absolute Gasteiger partial charge is 0.508 e. The van der Waals surface area contributed by atoms with Crippen molar-refractivity contribution in [2.75, 3.05) is 39.7 Å². The molecule has 0 aliphatic carbocycles. The Morgan fingerprint density at radius 2 is 1.59 bits per heavy atom. The number of fused-ring (bicyclic) bond motifs is 1.